The van der Waals surface area contributed by atoms with Crippen LogP contribution in [0.4, 0.5) is 10.5 Å². The van der Waals surface area contributed by atoms with Gasteiger partial charge in [-0.3, -0.25) is 4.79 Å². The van der Waals surface area contributed by atoms with Gasteiger partial charge in [0.25, 0.3) is 5.91 Å². The van der Waals surface area contributed by atoms with Crippen molar-refractivity contribution in [3.63, 3.8) is 0 Å². The molecular formula is C23H28N4O2. The number of nitrogens with zero attached hydrogens (tertiary/aromatic N) is 1. The summed E-state index contributed by atoms with van der Waals surface area (Å²) in [6.45, 7) is 2.94. The van der Waals surface area contributed by atoms with Crippen LogP contribution in [0.3, 0.4) is 0 Å². The van der Waals surface area contributed by atoms with Crippen molar-refractivity contribution in [2.45, 2.75) is 37.8 Å². The summed E-state index contributed by atoms with van der Waals surface area (Å²) in [7, 11) is 0. The van der Waals surface area contributed by atoms with Crippen LogP contribution >= 0.6 is 0 Å². The van der Waals surface area contributed by atoms with Gasteiger partial charge in [-0.15, -0.1) is 0 Å². The van der Waals surface area contributed by atoms with Crippen molar-refractivity contribution in [2.24, 2.45) is 0 Å². The maximum absolute atomic E-state index is 12.7. The normalized spacial score (nSPS) is 17.5. The first-order chi connectivity index (χ1) is 14.2. The van der Waals surface area contributed by atoms with E-state index >= 15 is 0 Å². The van der Waals surface area contributed by atoms with Gasteiger partial charge >= 0.3 is 6.03 Å². The van der Waals surface area contributed by atoms with Gasteiger partial charge < -0.3 is 20.9 Å². The van der Waals surface area contributed by atoms with Gasteiger partial charge in [-0.2, -0.15) is 0 Å². The highest BCUT2D eigenvalue weighted by molar-refractivity contribution is 5.97. The van der Waals surface area contributed by atoms with Gasteiger partial charge in [-0.1, -0.05) is 36.4 Å². The Morgan fingerprint density at radius 2 is 1.76 bits per heavy atom. The number of likely N-dealkylation sites (tertiary alicyclic amines) is 1. The fourth-order valence-electron chi connectivity index (χ4n) is 3.70. The maximum Gasteiger partial charge on any atom is 0.319 e. The number of anilines is 1. The maximum atomic E-state index is 12.7. The summed E-state index contributed by atoms with van der Waals surface area (Å²) in [6.07, 6.45) is 4.51. The van der Waals surface area contributed by atoms with Crippen molar-refractivity contribution >= 4 is 17.6 Å². The molecule has 2 aromatic carbocycles. The van der Waals surface area contributed by atoms with Crippen LogP contribution in [0.2, 0.25) is 0 Å². The van der Waals surface area contributed by atoms with Crippen LogP contribution in [-0.4, -0.2) is 42.5 Å². The fourth-order valence-corrected chi connectivity index (χ4v) is 3.70. The lowest BCUT2D eigenvalue weighted by molar-refractivity contribution is 0.0951. The number of carbonyl (C=O) groups excluding carboxylic acids is 2. The first-order valence-corrected chi connectivity index (χ1v) is 10.4. The van der Waals surface area contributed by atoms with Crippen LogP contribution in [0.5, 0.6) is 0 Å². The molecule has 1 aliphatic carbocycles. The molecule has 6 heteroatoms. The standard InChI is InChI=1S/C23H28N4O2/c28-22(24-19-11-12-19)18-9-6-10-20(15-18)25-23(29)26-21(16-27-13-4-5-14-27)17-7-2-1-3-8-17/h1-3,6-10,15,19,21H,4-5,11-14,16H2,(H,24,28)(H2,25,26,29). The van der Waals surface area contributed by atoms with Crippen LogP contribution in [-0.2, 0) is 0 Å². The monoisotopic (exact) mass is 392 g/mol. The first kappa shape index (κ1) is 19.5. The number of rotatable bonds is 7. The molecule has 4 rings (SSSR count). The smallest absolute Gasteiger partial charge is 0.319 e. The Morgan fingerprint density at radius 3 is 2.48 bits per heavy atom. The molecular weight excluding hydrogens is 364 g/mol. The summed E-state index contributed by atoms with van der Waals surface area (Å²) in [5, 5.41) is 8.96. The molecule has 29 heavy (non-hydrogen) atoms. The highest BCUT2D eigenvalue weighted by Gasteiger charge is 2.24. The van der Waals surface area contributed by atoms with E-state index in [2.05, 4.69) is 20.9 Å². The van der Waals surface area contributed by atoms with E-state index in [1.807, 2.05) is 30.3 Å². The molecule has 0 aromatic heterocycles. The lowest BCUT2D eigenvalue weighted by atomic mass is 10.1. The Hall–Kier alpha value is -2.86. The van der Waals surface area contributed by atoms with Crippen molar-refractivity contribution in [2.75, 3.05) is 25.0 Å². The summed E-state index contributed by atoms with van der Waals surface area (Å²) < 4.78 is 0. The molecule has 0 bridgehead atoms. The fraction of sp³-hybridized carbons (Fsp3) is 0.391. The van der Waals surface area contributed by atoms with E-state index in [1.165, 1.54) is 12.8 Å². The molecule has 3 N–H and O–H groups in total. The number of amides is 3. The summed E-state index contributed by atoms with van der Waals surface area (Å²) in [4.78, 5) is 27.3. The highest BCUT2D eigenvalue weighted by Crippen LogP contribution is 2.21. The molecule has 1 unspecified atom stereocenters. The van der Waals surface area contributed by atoms with Crippen molar-refractivity contribution < 1.29 is 9.59 Å². The largest absolute Gasteiger partial charge is 0.349 e. The second-order valence-electron chi connectivity index (χ2n) is 7.90. The van der Waals surface area contributed by atoms with Crippen LogP contribution in [0.15, 0.2) is 54.6 Å². The average molecular weight is 393 g/mol. The van der Waals surface area contributed by atoms with E-state index in [1.54, 1.807) is 24.3 Å². The quantitative estimate of drug-likeness (QED) is 0.675. The lowest BCUT2D eigenvalue weighted by Gasteiger charge is -2.25. The number of benzene rings is 2. The molecule has 2 fully saturated rings. The zero-order valence-electron chi connectivity index (χ0n) is 16.6. The van der Waals surface area contributed by atoms with E-state index in [9.17, 15) is 9.59 Å². The number of hydrogen-bond acceptors (Lipinski definition) is 3. The van der Waals surface area contributed by atoms with E-state index in [0.29, 0.717) is 17.3 Å². The first-order valence-electron chi connectivity index (χ1n) is 10.4. The van der Waals surface area contributed by atoms with Crippen LogP contribution in [0, 0.1) is 0 Å². The van der Waals surface area contributed by atoms with Crippen LogP contribution in [0.1, 0.15) is 47.6 Å². The summed E-state index contributed by atoms with van der Waals surface area (Å²) in [5.74, 6) is -0.0900. The SMILES string of the molecule is O=C(Nc1cccc(C(=O)NC2CC2)c1)NC(CN1CCCC1)c1ccccc1. The Morgan fingerprint density at radius 1 is 1.00 bits per heavy atom. The van der Waals surface area contributed by atoms with E-state index in [0.717, 1.165) is 38.0 Å². The number of carbonyl (C=O) groups is 2. The molecule has 0 radical (unpaired) electrons. The molecule has 2 aliphatic rings. The van der Waals surface area contributed by atoms with Gasteiger partial charge in [0.05, 0.1) is 6.04 Å². The third kappa shape index (κ3) is 5.57. The predicted octanol–water partition coefficient (Wildman–Crippen LogP) is 3.54. The zero-order valence-corrected chi connectivity index (χ0v) is 16.6. The Bertz CT molecular complexity index is 845. The molecule has 1 heterocycles. The minimum absolute atomic E-state index is 0.0874. The Kier molecular flexibility index (Phi) is 6.10. The highest BCUT2D eigenvalue weighted by atomic mass is 16.2. The second-order valence-corrected chi connectivity index (χ2v) is 7.90. The van der Waals surface area contributed by atoms with Crippen molar-refractivity contribution in [3.8, 4) is 0 Å². The summed E-state index contributed by atoms with van der Waals surface area (Å²) in [5.41, 5.74) is 2.26. The van der Waals surface area contributed by atoms with Crippen molar-refractivity contribution in [1.82, 2.24) is 15.5 Å². The number of urea groups is 1. The number of hydrogen-bond donors (Lipinski definition) is 3. The van der Waals surface area contributed by atoms with Crippen LogP contribution in [0.25, 0.3) is 0 Å². The van der Waals surface area contributed by atoms with Gasteiger partial charge in [0, 0.05) is 23.8 Å². The van der Waals surface area contributed by atoms with E-state index in [-0.39, 0.29) is 18.0 Å². The van der Waals surface area contributed by atoms with Gasteiger partial charge in [-0.05, 0) is 62.5 Å². The topological polar surface area (TPSA) is 73.5 Å². The summed E-state index contributed by atoms with van der Waals surface area (Å²) >= 11 is 0. The van der Waals surface area contributed by atoms with Gasteiger partial charge in [0.15, 0.2) is 0 Å². The molecule has 3 amide bonds. The lowest BCUT2D eigenvalue weighted by Crippen LogP contribution is -2.39. The van der Waals surface area contributed by atoms with E-state index < -0.39 is 0 Å². The van der Waals surface area contributed by atoms with Gasteiger partial charge in [0.2, 0.25) is 0 Å². The van der Waals surface area contributed by atoms with E-state index in [4.69, 9.17) is 0 Å². The Labute approximate surface area is 171 Å². The third-order valence-electron chi connectivity index (χ3n) is 5.44. The third-order valence-corrected chi connectivity index (χ3v) is 5.44. The Balaban J connectivity index is 1.40. The molecule has 6 nitrogen and oxygen atoms in total. The molecule has 152 valence electrons. The molecule has 1 aliphatic heterocycles. The molecule has 1 saturated carbocycles. The van der Waals surface area contributed by atoms with Crippen molar-refractivity contribution in [1.29, 1.82) is 0 Å². The van der Waals surface area contributed by atoms with Gasteiger partial charge in [-0.25, -0.2) is 4.79 Å². The molecule has 0 spiro atoms. The van der Waals surface area contributed by atoms with Crippen molar-refractivity contribution in [3.05, 3.63) is 65.7 Å². The predicted molar refractivity (Wildman–Crippen MR) is 114 cm³/mol. The zero-order chi connectivity index (χ0) is 20.1. The summed E-state index contributed by atoms with van der Waals surface area (Å²) in [6, 6.07) is 17.1. The molecule has 1 atom stereocenters. The molecule has 1 saturated heterocycles. The minimum atomic E-state index is -0.266. The second kappa shape index (κ2) is 9.09. The molecule has 2 aromatic rings. The number of nitrogens with one attached hydrogen (secondary N) is 3. The minimum Gasteiger partial charge on any atom is -0.349 e. The van der Waals surface area contributed by atoms with Gasteiger partial charge in [0.1, 0.15) is 0 Å². The average Bonchev–Trinajstić information content (AvgIpc) is 3.40. The van der Waals surface area contributed by atoms with Crippen LogP contribution < -0.4 is 16.0 Å².